The van der Waals surface area contributed by atoms with Gasteiger partial charge in [0.15, 0.2) is 5.75 Å². The highest BCUT2D eigenvalue weighted by Gasteiger charge is 2.24. The number of phenolic OH excluding ortho intramolecular Hbond substituents is 1. The molecule has 1 atom stereocenters. The van der Waals surface area contributed by atoms with E-state index in [1.165, 1.54) is 6.08 Å². The van der Waals surface area contributed by atoms with Gasteiger partial charge in [-0.05, 0) is 43.9 Å². The van der Waals surface area contributed by atoms with Crippen LogP contribution in [0.2, 0.25) is 0 Å². The van der Waals surface area contributed by atoms with E-state index in [0.29, 0.717) is 19.5 Å². The van der Waals surface area contributed by atoms with E-state index < -0.39 is 40.3 Å². The highest BCUT2D eigenvalue weighted by atomic mass is 16.7. The maximum absolute atomic E-state index is 13.2. The van der Waals surface area contributed by atoms with E-state index in [1.807, 2.05) is 13.0 Å². The molecule has 1 amide bonds. The van der Waals surface area contributed by atoms with Crippen LogP contribution in [0.1, 0.15) is 91.0 Å². The summed E-state index contributed by atoms with van der Waals surface area (Å²) in [5.41, 5.74) is -0.893. The van der Waals surface area contributed by atoms with Gasteiger partial charge in [-0.15, -0.1) is 0 Å². The number of carbonyl (C=O) groups is 2. The van der Waals surface area contributed by atoms with Crippen molar-refractivity contribution in [2.45, 2.75) is 91.6 Å². The van der Waals surface area contributed by atoms with Crippen molar-refractivity contribution in [1.82, 2.24) is 4.90 Å². The number of ether oxygens (including phenoxy) is 2. The van der Waals surface area contributed by atoms with E-state index in [-0.39, 0.29) is 11.1 Å². The molecule has 204 valence electrons. The Morgan fingerprint density at radius 1 is 1.11 bits per heavy atom. The number of nitro groups is 1. The number of benzene rings is 1. The van der Waals surface area contributed by atoms with Crippen LogP contribution in [0.15, 0.2) is 17.7 Å². The standard InChI is InChI=1S/C27H39N3O7/c1-5-8-11-14-29(15-12-9-6-2)26(32)22(19-28)16-21-17-23(30(34)35)25(31)24(18-21)37-27(33)36-20(4)13-10-7-3/h16-18,20,31H,5-15H2,1-4H3/b22-16+. The number of aromatic hydroxyl groups is 1. The van der Waals surface area contributed by atoms with E-state index in [9.17, 15) is 30.1 Å². The van der Waals surface area contributed by atoms with E-state index in [0.717, 1.165) is 63.5 Å². The quantitative estimate of drug-likeness (QED) is 0.0497. The topological polar surface area (TPSA) is 143 Å². The molecule has 0 aromatic heterocycles. The van der Waals surface area contributed by atoms with Crippen LogP contribution >= 0.6 is 0 Å². The number of unbranched alkanes of at least 4 members (excludes halogenated alkanes) is 5. The minimum atomic E-state index is -1.12. The van der Waals surface area contributed by atoms with Crippen molar-refractivity contribution in [2.24, 2.45) is 0 Å². The second kappa shape index (κ2) is 17.0. The Morgan fingerprint density at radius 3 is 2.22 bits per heavy atom. The Morgan fingerprint density at radius 2 is 1.70 bits per heavy atom. The van der Waals surface area contributed by atoms with E-state index in [4.69, 9.17) is 9.47 Å². The van der Waals surface area contributed by atoms with E-state index in [2.05, 4.69) is 13.8 Å². The summed E-state index contributed by atoms with van der Waals surface area (Å²) >= 11 is 0. The molecule has 10 nitrogen and oxygen atoms in total. The summed E-state index contributed by atoms with van der Waals surface area (Å²) < 4.78 is 10.2. The molecular formula is C27H39N3O7. The number of carbonyl (C=O) groups excluding carboxylic acids is 2. The molecule has 0 heterocycles. The summed E-state index contributed by atoms with van der Waals surface area (Å²) in [4.78, 5) is 37.7. The summed E-state index contributed by atoms with van der Waals surface area (Å²) in [5.74, 6) is -1.83. The fourth-order valence-electron chi connectivity index (χ4n) is 3.64. The average molecular weight is 518 g/mol. The number of hydrogen-bond donors (Lipinski definition) is 1. The van der Waals surface area contributed by atoms with E-state index in [1.54, 1.807) is 11.8 Å². The van der Waals surface area contributed by atoms with Crippen molar-refractivity contribution in [2.75, 3.05) is 13.1 Å². The SMILES string of the molecule is CCCCCN(CCCCC)C(=O)/C(C#N)=C/c1cc(OC(=O)OC(C)CCCC)c(O)c([N+](=O)[O-])c1. The van der Waals surface area contributed by atoms with Gasteiger partial charge in [0, 0.05) is 19.2 Å². The first-order chi connectivity index (χ1) is 17.7. The number of nitriles is 1. The summed E-state index contributed by atoms with van der Waals surface area (Å²) in [6, 6.07) is 4.06. The molecular weight excluding hydrogens is 478 g/mol. The van der Waals surface area contributed by atoms with Crippen LogP contribution in [0.3, 0.4) is 0 Å². The van der Waals surface area contributed by atoms with Gasteiger partial charge in [-0.2, -0.15) is 5.26 Å². The predicted octanol–water partition coefficient (Wildman–Crippen LogP) is 6.51. The molecule has 1 aromatic rings. The number of nitrogens with zero attached hydrogens (tertiary/aromatic N) is 3. The van der Waals surface area contributed by atoms with E-state index >= 15 is 0 Å². The largest absolute Gasteiger partial charge is 0.514 e. The van der Waals surface area contributed by atoms with Crippen LogP contribution < -0.4 is 4.74 Å². The third kappa shape index (κ3) is 10.9. The molecule has 1 unspecified atom stereocenters. The number of phenols is 1. The first kappa shape index (κ1) is 31.4. The Balaban J connectivity index is 3.27. The monoisotopic (exact) mass is 517 g/mol. The smallest absolute Gasteiger partial charge is 0.499 e. The minimum Gasteiger partial charge on any atom is -0.499 e. The van der Waals surface area contributed by atoms with Gasteiger partial charge >= 0.3 is 11.8 Å². The van der Waals surface area contributed by atoms with Crippen molar-refractivity contribution in [1.29, 1.82) is 5.26 Å². The lowest BCUT2D eigenvalue weighted by molar-refractivity contribution is -0.385. The number of hydrogen-bond acceptors (Lipinski definition) is 8. The maximum atomic E-state index is 13.2. The molecule has 1 N–H and O–H groups in total. The molecule has 37 heavy (non-hydrogen) atoms. The summed E-state index contributed by atoms with van der Waals surface area (Å²) in [6.07, 6.45) is 7.46. The normalized spacial score (nSPS) is 11.9. The lowest BCUT2D eigenvalue weighted by atomic mass is 10.1. The van der Waals surface area contributed by atoms with Gasteiger partial charge in [0.2, 0.25) is 5.75 Å². The van der Waals surface area contributed by atoms with Gasteiger partial charge < -0.3 is 19.5 Å². The molecule has 10 heteroatoms. The predicted molar refractivity (Wildman–Crippen MR) is 140 cm³/mol. The van der Waals surface area contributed by atoms with Crippen molar-refractivity contribution in [3.05, 3.63) is 33.4 Å². The third-order valence-corrected chi connectivity index (χ3v) is 5.74. The lowest BCUT2D eigenvalue weighted by Gasteiger charge is -2.22. The van der Waals surface area contributed by atoms with Gasteiger partial charge in [0.05, 0.1) is 4.92 Å². The lowest BCUT2D eigenvalue weighted by Crippen LogP contribution is -2.33. The van der Waals surface area contributed by atoms with Gasteiger partial charge in [-0.3, -0.25) is 14.9 Å². The zero-order chi connectivity index (χ0) is 27.8. The highest BCUT2D eigenvalue weighted by Crippen LogP contribution is 2.38. The summed E-state index contributed by atoms with van der Waals surface area (Å²) in [7, 11) is 0. The van der Waals surface area contributed by atoms with Crippen molar-refractivity contribution in [3.63, 3.8) is 0 Å². The summed E-state index contributed by atoms with van der Waals surface area (Å²) in [5, 5.41) is 31.5. The van der Waals surface area contributed by atoms with Crippen molar-refractivity contribution >= 4 is 23.8 Å². The minimum absolute atomic E-state index is 0.0540. The molecule has 0 aliphatic heterocycles. The number of amides is 1. The highest BCUT2D eigenvalue weighted by molar-refractivity contribution is 6.01. The Labute approximate surface area is 219 Å². The molecule has 1 aromatic carbocycles. The van der Waals surface area contributed by atoms with Gasteiger partial charge in [-0.25, -0.2) is 4.79 Å². The first-order valence-corrected chi connectivity index (χ1v) is 13.0. The van der Waals surface area contributed by atoms with Crippen molar-refractivity contribution < 1.29 is 29.1 Å². The van der Waals surface area contributed by atoms with Crippen LogP contribution in [-0.2, 0) is 9.53 Å². The number of rotatable bonds is 16. The zero-order valence-electron chi connectivity index (χ0n) is 22.3. The fourth-order valence-corrected chi connectivity index (χ4v) is 3.64. The molecule has 0 spiro atoms. The zero-order valence-corrected chi connectivity index (χ0v) is 22.3. The first-order valence-electron chi connectivity index (χ1n) is 13.0. The molecule has 0 radical (unpaired) electrons. The maximum Gasteiger partial charge on any atom is 0.514 e. The molecule has 0 bridgehead atoms. The molecule has 0 fully saturated rings. The van der Waals surface area contributed by atoms with Crippen LogP contribution in [-0.4, -0.2) is 46.2 Å². The molecule has 0 aliphatic rings. The Hall–Kier alpha value is -3.61. The molecule has 0 saturated carbocycles. The third-order valence-electron chi connectivity index (χ3n) is 5.74. The van der Waals surface area contributed by atoms with Gasteiger partial charge in [0.25, 0.3) is 5.91 Å². The second-order valence-corrected chi connectivity index (χ2v) is 8.94. The molecule has 0 aliphatic carbocycles. The Kier molecular flexibility index (Phi) is 14.4. The van der Waals surface area contributed by atoms with Crippen LogP contribution in [0.4, 0.5) is 10.5 Å². The van der Waals surface area contributed by atoms with Gasteiger partial charge in [0.1, 0.15) is 17.7 Å². The number of nitro benzene ring substituents is 1. The summed E-state index contributed by atoms with van der Waals surface area (Å²) in [6.45, 7) is 8.81. The van der Waals surface area contributed by atoms with Crippen LogP contribution in [0.25, 0.3) is 6.08 Å². The fraction of sp³-hybridized carbons (Fsp3) is 0.593. The molecule has 0 saturated heterocycles. The average Bonchev–Trinajstić information content (AvgIpc) is 2.86. The Bertz CT molecular complexity index is 975. The van der Waals surface area contributed by atoms with Crippen LogP contribution in [0, 0.1) is 21.4 Å². The molecule has 1 rings (SSSR count). The van der Waals surface area contributed by atoms with Gasteiger partial charge in [-0.1, -0.05) is 59.3 Å². The second-order valence-electron chi connectivity index (χ2n) is 8.94. The van der Waals surface area contributed by atoms with Crippen molar-refractivity contribution in [3.8, 4) is 17.6 Å². The van der Waals surface area contributed by atoms with Crippen LogP contribution in [0.5, 0.6) is 11.5 Å².